The average molecular weight is 337 g/mol. The van der Waals surface area contributed by atoms with Crippen LogP contribution in [0.2, 0.25) is 0 Å². The summed E-state index contributed by atoms with van der Waals surface area (Å²) in [6.07, 6.45) is 7.61. The summed E-state index contributed by atoms with van der Waals surface area (Å²) in [6, 6.07) is 11.1. The number of rotatable bonds is 6. The van der Waals surface area contributed by atoms with E-state index in [-0.39, 0.29) is 11.8 Å². The number of benzene rings is 1. The van der Waals surface area contributed by atoms with Crippen molar-refractivity contribution < 1.29 is 9.59 Å². The van der Waals surface area contributed by atoms with Gasteiger partial charge in [-0.25, -0.2) is 0 Å². The first kappa shape index (κ1) is 18.4. The molecule has 1 aromatic heterocycles. The van der Waals surface area contributed by atoms with E-state index in [4.69, 9.17) is 0 Å². The normalized spacial score (nSPS) is 10.7. The predicted octanol–water partition coefficient (Wildman–Crippen LogP) is 2.50. The molecule has 1 heterocycles. The van der Waals surface area contributed by atoms with Crippen molar-refractivity contribution in [2.75, 3.05) is 27.7 Å². The quantitative estimate of drug-likeness (QED) is 0.761. The third kappa shape index (κ3) is 5.57. The van der Waals surface area contributed by atoms with Crippen molar-refractivity contribution in [1.29, 1.82) is 0 Å². The maximum Gasteiger partial charge on any atom is 0.253 e. The molecule has 5 heteroatoms. The van der Waals surface area contributed by atoms with E-state index in [1.54, 1.807) is 62.7 Å². The Kier molecular flexibility index (Phi) is 6.46. The first-order valence-electron chi connectivity index (χ1n) is 8.11. The van der Waals surface area contributed by atoms with Gasteiger partial charge in [-0.2, -0.15) is 0 Å². The molecule has 0 aliphatic carbocycles. The number of aromatic nitrogens is 1. The van der Waals surface area contributed by atoms with E-state index >= 15 is 0 Å². The molecular formula is C20H23N3O2. The van der Waals surface area contributed by atoms with Gasteiger partial charge in [0.05, 0.1) is 0 Å². The molecule has 0 spiro atoms. The zero-order chi connectivity index (χ0) is 18.2. The Morgan fingerprint density at radius 2 is 1.64 bits per heavy atom. The number of pyridine rings is 1. The molecule has 2 amide bonds. The molecule has 130 valence electrons. The minimum Gasteiger partial charge on any atom is -0.345 e. The molecule has 0 fully saturated rings. The summed E-state index contributed by atoms with van der Waals surface area (Å²) in [7, 11) is 5.22. The molecule has 5 nitrogen and oxygen atoms in total. The highest BCUT2D eigenvalue weighted by Crippen LogP contribution is 2.08. The molecule has 1 aromatic carbocycles. The van der Waals surface area contributed by atoms with Gasteiger partial charge in [0.25, 0.3) is 5.91 Å². The monoisotopic (exact) mass is 337 g/mol. The van der Waals surface area contributed by atoms with Gasteiger partial charge in [-0.3, -0.25) is 14.6 Å². The van der Waals surface area contributed by atoms with Gasteiger partial charge in [-0.15, -0.1) is 0 Å². The number of carbonyl (C=O) groups is 2. The minimum atomic E-state index is -0.0532. The topological polar surface area (TPSA) is 53.5 Å². The van der Waals surface area contributed by atoms with Crippen LogP contribution >= 0.6 is 0 Å². The molecule has 0 aliphatic heterocycles. The van der Waals surface area contributed by atoms with Crippen molar-refractivity contribution in [1.82, 2.24) is 14.8 Å². The standard InChI is InChI=1S/C20H23N3O2/c1-22(2)20(25)18-7-4-16(5-8-18)6-9-19(24)23(3)15-12-17-10-13-21-14-11-17/h4-11,13-14H,12,15H2,1-3H3/b9-6+. The third-order valence-corrected chi connectivity index (χ3v) is 3.84. The summed E-state index contributed by atoms with van der Waals surface area (Å²) in [4.78, 5) is 31.2. The summed E-state index contributed by atoms with van der Waals surface area (Å²) >= 11 is 0. The Labute approximate surface area is 148 Å². The first-order chi connectivity index (χ1) is 12.0. The number of likely N-dealkylation sites (N-methyl/N-ethyl adjacent to an activating group) is 1. The van der Waals surface area contributed by atoms with Crippen LogP contribution in [0, 0.1) is 0 Å². The van der Waals surface area contributed by atoms with Crippen LogP contribution < -0.4 is 0 Å². The predicted molar refractivity (Wildman–Crippen MR) is 99.1 cm³/mol. The van der Waals surface area contributed by atoms with Gasteiger partial charge in [-0.1, -0.05) is 12.1 Å². The number of hydrogen-bond acceptors (Lipinski definition) is 3. The molecule has 0 bridgehead atoms. The Morgan fingerprint density at radius 1 is 1.00 bits per heavy atom. The van der Waals surface area contributed by atoms with E-state index in [0.29, 0.717) is 12.1 Å². The highest BCUT2D eigenvalue weighted by Gasteiger charge is 2.07. The lowest BCUT2D eigenvalue weighted by Gasteiger charge is -2.14. The molecule has 2 aromatic rings. The van der Waals surface area contributed by atoms with Crippen molar-refractivity contribution >= 4 is 17.9 Å². The second-order valence-corrected chi connectivity index (χ2v) is 6.02. The lowest BCUT2D eigenvalue weighted by atomic mass is 10.1. The van der Waals surface area contributed by atoms with Crippen LogP contribution in [-0.2, 0) is 11.2 Å². The van der Waals surface area contributed by atoms with Crippen molar-refractivity contribution in [3.63, 3.8) is 0 Å². The molecule has 0 radical (unpaired) electrons. The van der Waals surface area contributed by atoms with Gasteiger partial charge >= 0.3 is 0 Å². The smallest absolute Gasteiger partial charge is 0.253 e. The van der Waals surface area contributed by atoms with E-state index in [0.717, 1.165) is 17.5 Å². The minimum absolute atomic E-state index is 0.0394. The Balaban J connectivity index is 1.89. The van der Waals surface area contributed by atoms with Crippen LogP contribution in [-0.4, -0.2) is 54.3 Å². The highest BCUT2D eigenvalue weighted by atomic mass is 16.2. The SMILES string of the molecule is CN(C)C(=O)c1ccc(/C=C/C(=O)N(C)CCc2ccncc2)cc1. The Hall–Kier alpha value is -2.95. The molecule has 0 saturated carbocycles. The molecule has 0 aliphatic rings. The Bertz CT molecular complexity index is 737. The zero-order valence-electron chi connectivity index (χ0n) is 14.8. The lowest BCUT2D eigenvalue weighted by Crippen LogP contribution is -2.27. The fourth-order valence-electron chi connectivity index (χ4n) is 2.25. The van der Waals surface area contributed by atoms with Crippen LogP contribution in [0.3, 0.4) is 0 Å². The van der Waals surface area contributed by atoms with Crippen LogP contribution in [0.1, 0.15) is 21.5 Å². The molecule has 0 N–H and O–H groups in total. The summed E-state index contributed by atoms with van der Waals surface area (Å²) < 4.78 is 0. The van der Waals surface area contributed by atoms with E-state index in [9.17, 15) is 9.59 Å². The third-order valence-electron chi connectivity index (χ3n) is 3.84. The van der Waals surface area contributed by atoms with E-state index in [2.05, 4.69) is 4.98 Å². The second-order valence-electron chi connectivity index (χ2n) is 6.02. The molecule has 0 atom stereocenters. The van der Waals surface area contributed by atoms with Gasteiger partial charge in [0.2, 0.25) is 5.91 Å². The second kappa shape index (κ2) is 8.78. The summed E-state index contributed by atoms with van der Waals surface area (Å²) in [5.41, 5.74) is 2.66. The van der Waals surface area contributed by atoms with Gasteiger partial charge in [0.15, 0.2) is 0 Å². The first-order valence-corrected chi connectivity index (χ1v) is 8.11. The number of amides is 2. The maximum atomic E-state index is 12.2. The van der Waals surface area contributed by atoms with Crippen LogP contribution in [0.5, 0.6) is 0 Å². The molecule has 0 unspecified atom stereocenters. The number of nitrogens with zero attached hydrogens (tertiary/aromatic N) is 3. The van der Waals surface area contributed by atoms with Crippen LogP contribution in [0.4, 0.5) is 0 Å². The maximum absolute atomic E-state index is 12.2. The van der Waals surface area contributed by atoms with Gasteiger partial charge in [-0.05, 0) is 47.9 Å². The van der Waals surface area contributed by atoms with E-state index < -0.39 is 0 Å². The molecule has 2 rings (SSSR count). The fraction of sp³-hybridized carbons (Fsp3) is 0.250. The molecular weight excluding hydrogens is 314 g/mol. The van der Waals surface area contributed by atoms with Crippen molar-refractivity contribution in [2.24, 2.45) is 0 Å². The summed E-state index contributed by atoms with van der Waals surface area (Å²) in [6.45, 7) is 0.642. The van der Waals surface area contributed by atoms with Gasteiger partial charge < -0.3 is 9.80 Å². The van der Waals surface area contributed by atoms with E-state index in [1.165, 1.54) is 4.90 Å². The Morgan fingerprint density at radius 3 is 2.24 bits per heavy atom. The van der Waals surface area contributed by atoms with Gasteiger partial charge in [0.1, 0.15) is 0 Å². The summed E-state index contributed by atoms with van der Waals surface area (Å²) in [5.74, 6) is -0.0926. The largest absolute Gasteiger partial charge is 0.345 e. The van der Waals surface area contributed by atoms with Crippen LogP contribution in [0.15, 0.2) is 54.9 Å². The zero-order valence-corrected chi connectivity index (χ0v) is 14.8. The van der Waals surface area contributed by atoms with Crippen molar-refractivity contribution in [2.45, 2.75) is 6.42 Å². The fourth-order valence-corrected chi connectivity index (χ4v) is 2.25. The summed E-state index contributed by atoms with van der Waals surface area (Å²) in [5, 5.41) is 0. The van der Waals surface area contributed by atoms with Crippen molar-refractivity contribution in [3.8, 4) is 0 Å². The van der Waals surface area contributed by atoms with E-state index in [1.807, 2.05) is 24.3 Å². The molecule has 0 saturated heterocycles. The number of hydrogen-bond donors (Lipinski definition) is 0. The highest BCUT2D eigenvalue weighted by molar-refractivity contribution is 5.94. The average Bonchev–Trinajstić information content (AvgIpc) is 2.64. The van der Waals surface area contributed by atoms with Gasteiger partial charge in [0, 0.05) is 51.7 Å². The van der Waals surface area contributed by atoms with Crippen molar-refractivity contribution in [3.05, 3.63) is 71.6 Å². The molecule has 25 heavy (non-hydrogen) atoms. The lowest BCUT2D eigenvalue weighted by molar-refractivity contribution is -0.124. The number of carbonyl (C=O) groups excluding carboxylic acids is 2. The van der Waals surface area contributed by atoms with Crippen LogP contribution in [0.25, 0.3) is 6.08 Å².